The summed E-state index contributed by atoms with van der Waals surface area (Å²) in [4.78, 5) is 12.0. The van der Waals surface area contributed by atoms with Gasteiger partial charge in [-0.2, -0.15) is 10.2 Å². The molecule has 19 heavy (non-hydrogen) atoms. The molecule has 0 fully saturated rings. The lowest BCUT2D eigenvalue weighted by Crippen LogP contribution is -2.28. The van der Waals surface area contributed by atoms with Gasteiger partial charge in [0, 0.05) is 38.0 Å². The van der Waals surface area contributed by atoms with Crippen LogP contribution >= 0.6 is 0 Å². The van der Waals surface area contributed by atoms with Crippen LogP contribution in [0, 0.1) is 0 Å². The van der Waals surface area contributed by atoms with Crippen LogP contribution in [0.25, 0.3) is 0 Å². The Morgan fingerprint density at radius 2 is 2.37 bits per heavy atom. The Balaban J connectivity index is 1.81. The van der Waals surface area contributed by atoms with E-state index in [9.17, 15) is 4.79 Å². The lowest BCUT2D eigenvalue weighted by atomic mass is 10.1. The van der Waals surface area contributed by atoms with Gasteiger partial charge in [-0.3, -0.25) is 9.48 Å². The first-order valence-electron chi connectivity index (χ1n) is 6.56. The predicted octanol–water partition coefficient (Wildman–Crippen LogP) is 0.578. The minimum absolute atomic E-state index is 0.0460. The topological polar surface area (TPSA) is 64.7 Å². The van der Waals surface area contributed by atoms with Gasteiger partial charge < -0.3 is 5.32 Å². The van der Waals surface area contributed by atoms with Crippen LogP contribution in [-0.2, 0) is 26.4 Å². The number of nitrogens with zero attached hydrogens (tertiary/aromatic N) is 4. The fourth-order valence-electron chi connectivity index (χ4n) is 2.37. The van der Waals surface area contributed by atoms with Gasteiger partial charge in [-0.05, 0) is 18.9 Å². The quantitative estimate of drug-likeness (QED) is 0.875. The number of aryl methyl sites for hydroxylation is 4. The summed E-state index contributed by atoms with van der Waals surface area (Å²) in [7, 11) is 1.91. The Morgan fingerprint density at radius 3 is 3.16 bits per heavy atom. The number of hydrogen-bond acceptors (Lipinski definition) is 4. The normalized spacial score (nSPS) is 13.9. The molecular formula is C13H17N5O. The maximum absolute atomic E-state index is 12.0. The zero-order valence-electron chi connectivity index (χ0n) is 11.0. The molecule has 0 bridgehead atoms. The molecule has 0 unspecified atom stereocenters. The summed E-state index contributed by atoms with van der Waals surface area (Å²) in [5.74, 6) is 0. The van der Waals surface area contributed by atoms with Crippen molar-refractivity contribution in [3.63, 3.8) is 0 Å². The highest BCUT2D eigenvalue weighted by atomic mass is 16.1. The first kappa shape index (κ1) is 12.0. The van der Waals surface area contributed by atoms with Gasteiger partial charge in [-0.1, -0.05) is 0 Å². The van der Waals surface area contributed by atoms with E-state index in [4.69, 9.17) is 0 Å². The van der Waals surface area contributed by atoms with E-state index in [1.165, 1.54) is 0 Å². The smallest absolute Gasteiger partial charge is 0.268 e. The van der Waals surface area contributed by atoms with Crippen molar-refractivity contribution in [1.29, 1.82) is 0 Å². The van der Waals surface area contributed by atoms with Crippen molar-refractivity contribution in [3.8, 4) is 0 Å². The third-order valence-corrected chi connectivity index (χ3v) is 3.48. The van der Waals surface area contributed by atoms with Crippen molar-refractivity contribution >= 4 is 5.69 Å². The fraction of sp³-hybridized carbons (Fsp3) is 0.462. The second-order valence-electron chi connectivity index (χ2n) is 4.79. The summed E-state index contributed by atoms with van der Waals surface area (Å²) in [6.45, 7) is 1.51. The van der Waals surface area contributed by atoms with Crippen LogP contribution in [0.4, 0.5) is 5.69 Å². The summed E-state index contributed by atoms with van der Waals surface area (Å²) in [5.41, 5.74) is 2.95. The zero-order valence-corrected chi connectivity index (χ0v) is 11.0. The highest BCUT2D eigenvalue weighted by molar-refractivity contribution is 5.48. The molecule has 0 saturated carbocycles. The lowest BCUT2D eigenvalue weighted by Gasteiger charge is -2.17. The molecule has 100 valence electrons. The minimum Gasteiger partial charge on any atom is -0.383 e. The maximum atomic E-state index is 12.0. The first-order chi connectivity index (χ1) is 9.24. The van der Waals surface area contributed by atoms with Crippen molar-refractivity contribution in [1.82, 2.24) is 19.6 Å². The standard InChI is InChI=1S/C13H17N5O/c1-17-10(4-7-15-17)5-8-18-13(19)9-12-11(16-18)3-2-6-14-12/h4,7,9,14H,2-3,5-6,8H2,1H3. The van der Waals surface area contributed by atoms with Crippen LogP contribution in [0.5, 0.6) is 0 Å². The van der Waals surface area contributed by atoms with E-state index in [1.807, 2.05) is 17.8 Å². The van der Waals surface area contributed by atoms with E-state index >= 15 is 0 Å². The van der Waals surface area contributed by atoms with Gasteiger partial charge in [0.1, 0.15) is 0 Å². The summed E-state index contributed by atoms with van der Waals surface area (Å²) in [6, 6.07) is 3.62. The van der Waals surface area contributed by atoms with Crippen molar-refractivity contribution in [2.75, 3.05) is 11.9 Å². The predicted molar refractivity (Wildman–Crippen MR) is 72.2 cm³/mol. The van der Waals surface area contributed by atoms with Crippen LogP contribution in [0.15, 0.2) is 23.1 Å². The van der Waals surface area contributed by atoms with Crippen LogP contribution in [-0.4, -0.2) is 26.1 Å². The zero-order chi connectivity index (χ0) is 13.2. The monoisotopic (exact) mass is 259 g/mol. The molecule has 3 heterocycles. The molecule has 0 aliphatic carbocycles. The molecule has 0 spiro atoms. The second kappa shape index (κ2) is 4.87. The molecule has 3 rings (SSSR count). The Bertz CT molecular complexity index is 643. The van der Waals surface area contributed by atoms with Crippen molar-refractivity contribution in [2.24, 2.45) is 7.05 Å². The minimum atomic E-state index is -0.0460. The van der Waals surface area contributed by atoms with E-state index in [1.54, 1.807) is 16.9 Å². The molecule has 0 aromatic carbocycles. The van der Waals surface area contributed by atoms with Crippen LogP contribution in [0.1, 0.15) is 17.8 Å². The molecule has 1 N–H and O–H groups in total. The molecule has 0 radical (unpaired) electrons. The number of anilines is 1. The van der Waals surface area contributed by atoms with E-state index in [2.05, 4.69) is 15.5 Å². The van der Waals surface area contributed by atoms with Gasteiger partial charge >= 0.3 is 0 Å². The SMILES string of the molecule is Cn1nccc1CCn1nc2c(cc1=O)NCCC2. The molecule has 1 aliphatic rings. The number of hydrogen-bond donors (Lipinski definition) is 1. The van der Waals surface area contributed by atoms with Crippen LogP contribution in [0.2, 0.25) is 0 Å². The molecular weight excluding hydrogens is 242 g/mol. The van der Waals surface area contributed by atoms with E-state index < -0.39 is 0 Å². The molecule has 0 amide bonds. The van der Waals surface area contributed by atoms with Gasteiger partial charge in [0.05, 0.1) is 17.9 Å². The molecule has 0 saturated heterocycles. The van der Waals surface area contributed by atoms with Gasteiger partial charge in [0.15, 0.2) is 0 Å². The second-order valence-corrected chi connectivity index (χ2v) is 4.79. The Kier molecular flexibility index (Phi) is 3.06. The van der Waals surface area contributed by atoms with E-state index in [0.717, 1.165) is 42.9 Å². The largest absolute Gasteiger partial charge is 0.383 e. The molecule has 6 heteroatoms. The first-order valence-corrected chi connectivity index (χ1v) is 6.56. The molecule has 6 nitrogen and oxygen atoms in total. The summed E-state index contributed by atoms with van der Waals surface area (Å²) >= 11 is 0. The summed E-state index contributed by atoms with van der Waals surface area (Å²) in [6.07, 6.45) is 4.53. The molecule has 2 aromatic rings. The third kappa shape index (κ3) is 2.38. The van der Waals surface area contributed by atoms with Crippen molar-refractivity contribution < 1.29 is 0 Å². The van der Waals surface area contributed by atoms with E-state index in [0.29, 0.717) is 6.54 Å². The molecule has 0 atom stereocenters. The third-order valence-electron chi connectivity index (χ3n) is 3.48. The lowest BCUT2D eigenvalue weighted by molar-refractivity contribution is 0.543. The molecule has 2 aromatic heterocycles. The van der Waals surface area contributed by atoms with Crippen LogP contribution in [0.3, 0.4) is 0 Å². The average Bonchev–Trinajstić information content (AvgIpc) is 2.82. The van der Waals surface area contributed by atoms with Gasteiger partial charge in [-0.15, -0.1) is 0 Å². The Hall–Kier alpha value is -2.11. The number of fused-ring (bicyclic) bond motifs is 1. The number of aromatic nitrogens is 4. The van der Waals surface area contributed by atoms with Crippen LogP contribution < -0.4 is 10.9 Å². The highest BCUT2D eigenvalue weighted by Crippen LogP contribution is 2.16. The van der Waals surface area contributed by atoms with E-state index in [-0.39, 0.29) is 5.56 Å². The van der Waals surface area contributed by atoms with Gasteiger partial charge in [-0.25, -0.2) is 4.68 Å². The summed E-state index contributed by atoms with van der Waals surface area (Å²) < 4.78 is 3.38. The number of rotatable bonds is 3. The highest BCUT2D eigenvalue weighted by Gasteiger charge is 2.12. The van der Waals surface area contributed by atoms with Crippen molar-refractivity contribution in [3.05, 3.63) is 40.1 Å². The fourth-order valence-corrected chi connectivity index (χ4v) is 2.37. The maximum Gasteiger partial charge on any atom is 0.268 e. The van der Waals surface area contributed by atoms with Gasteiger partial charge in [0.25, 0.3) is 5.56 Å². The summed E-state index contributed by atoms with van der Waals surface area (Å²) in [5, 5.41) is 11.8. The van der Waals surface area contributed by atoms with Crippen molar-refractivity contribution in [2.45, 2.75) is 25.8 Å². The van der Waals surface area contributed by atoms with Gasteiger partial charge in [0.2, 0.25) is 0 Å². The Morgan fingerprint density at radius 1 is 1.47 bits per heavy atom. The number of nitrogens with one attached hydrogen (secondary N) is 1. The Labute approximate surface area is 111 Å². The molecule has 1 aliphatic heterocycles. The average molecular weight is 259 g/mol.